The van der Waals surface area contributed by atoms with Crippen LogP contribution in [0.4, 0.5) is 17.1 Å². The molecule has 146 valence electrons. The molecule has 0 radical (unpaired) electrons. The highest BCUT2D eigenvalue weighted by Crippen LogP contribution is 2.39. The molecule has 3 N–H and O–H groups in total. The van der Waals surface area contributed by atoms with E-state index in [-0.39, 0.29) is 28.1 Å². The monoisotopic (exact) mass is 415 g/mol. The van der Waals surface area contributed by atoms with Crippen molar-refractivity contribution in [2.24, 2.45) is 0 Å². The van der Waals surface area contributed by atoms with E-state index in [2.05, 4.69) is 10.6 Å². The number of nitrogens with one attached hydrogen (secondary N) is 2. The van der Waals surface area contributed by atoms with E-state index in [0.717, 1.165) is 4.31 Å². The summed E-state index contributed by atoms with van der Waals surface area (Å²) in [6.45, 7) is 0.968. The summed E-state index contributed by atoms with van der Waals surface area (Å²) in [5, 5.41) is 15.9. The molecule has 0 saturated carbocycles. The topological polar surface area (TPSA) is 125 Å². The van der Waals surface area contributed by atoms with E-state index in [1.54, 1.807) is 0 Å². The van der Waals surface area contributed by atoms with Gasteiger partial charge in [-0.3, -0.25) is 9.59 Å². The normalized spacial score (nSPS) is 17.6. The van der Waals surface area contributed by atoms with Crippen LogP contribution in [0.5, 0.6) is 5.75 Å². The van der Waals surface area contributed by atoms with Crippen molar-refractivity contribution in [3.8, 4) is 5.75 Å². The number of hydrogen-bond donors (Lipinski definition) is 3. The van der Waals surface area contributed by atoms with E-state index in [0.29, 0.717) is 19.6 Å². The van der Waals surface area contributed by atoms with Gasteiger partial charge < -0.3 is 20.5 Å². The molecular formula is C16H18ClN3O6S. The molecule has 1 heterocycles. The van der Waals surface area contributed by atoms with E-state index in [9.17, 15) is 23.1 Å². The van der Waals surface area contributed by atoms with Crippen LogP contribution in [0.1, 0.15) is 6.42 Å². The number of nitrogens with zero attached hydrogens (tertiary/aromatic N) is 1. The molecule has 1 fully saturated rings. The molecule has 0 bridgehead atoms. The number of ether oxygens (including phenoxy) is 1. The average molecular weight is 416 g/mol. The standard InChI is InChI=1S/C16H18ClN3O6S/c1-20(2)27(24,25)16-9(17)3-4-10(13(16)21)19-12-11(14(22)15(12)23)18-8-5-6-26-7-8/h3-4,8,18-19,21H,5-7H2,1-2H3/t8-/m0/s1. The maximum atomic E-state index is 12.4. The fourth-order valence-corrected chi connectivity index (χ4v) is 4.19. The number of anilines is 3. The maximum Gasteiger partial charge on any atom is 0.253 e. The lowest BCUT2D eigenvalue weighted by Gasteiger charge is -2.20. The van der Waals surface area contributed by atoms with Gasteiger partial charge in [0.25, 0.3) is 10.9 Å². The number of hydrogen-bond acceptors (Lipinski definition) is 8. The second kappa shape index (κ2) is 7.12. The number of phenolic OH excluding ortho intramolecular Hbond substituents is 1. The van der Waals surface area contributed by atoms with Gasteiger partial charge in [-0.15, -0.1) is 0 Å². The van der Waals surface area contributed by atoms with Gasteiger partial charge in [0.1, 0.15) is 16.3 Å². The van der Waals surface area contributed by atoms with Crippen LogP contribution in [0.15, 0.2) is 26.6 Å². The molecule has 27 heavy (non-hydrogen) atoms. The van der Waals surface area contributed by atoms with Gasteiger partial charge in [-0.1, -0.05) is 11.6 Å². The van der Waals surface area contributed by atoms with Crippen molar-refractivity contribution in [3.05, 3.63) is 37.6 Å². The van der Waals surface area contributed by atoms with E-state index in [1.165, 1.54) is 26.2 Å². The Labute approximate surface area is 160 Å². The van der Waals surface area contributed by atoms with Crippen molar-refractivity contribution in [2.45, 2.75) is 17.4 Å². The number of phenols is 1. The minimum absolute atomic E-state index is 0.0438. The van der Waals surface area contributed by atoms with Crippen LogP contribution in [0.3, 0.4) is 0 Å². The van der Waals surface area contributed by atoms with E-state index < -0.39 is 31.5 Å². The number of benzene rings is 1. The van der Waals surface area contributed by atoms with Gasteiger partial charge in [-0.25, -0.2) is 12.7 Å². The second-order valence-corrected chi connectivity index (χ2v) is 8.79. The molecule has 11 heteroatoms. The fourth-order valence-electron chi connectivity index (χ4n) is 2.71. The Kier molecular flexibility index (Phi) is 5.17. The lowest BCUT2D eigenvalue weighted by atomic mass is 10.1. The van der Waals surface area contributed by atoms with Crippen LogP contribution in [0.2, 0.25) is 5.02 Å². The zero-order valence-electron chi connectivity index (χ0n) is 14.6. The highest BCUT2D eigenvalue weighted by molar-refractivity contribution is 7.89. The van der Waals surface area contributed by atoms with Crippen molar-refractivity contribution in [1.82, 2.24) is 4.31 Å². The summed E-state index contributed by atoms with van der Waals surface area (Å²) < 4.78 is 30.9. The molecule has 1 aliphatic rings. The van der Waals surface area contributed by atoms with Gasteiger partial charge >= 0.3 is 0 Å². The van der Waals surface area contributed by atoms with Crippen LogP contribution in [-0.2, 0) is 14.8 Å². The number of aromatic hydroxyl groups is 1. The molecule has 9 nitrogen and oxygen atoms in total. The zero-order valence-corrected chi connectivity index (χ0v) is 16.1. The van der Waals surface area contributed by atoms with E-state index in [1.807, 2.05) is 0 Å². The molecule has 3 rings (SSSR count). The Morgan fingerprint density at radius 3 is 2.48 bits per heavy atom. The third-order valence-electron chi connectivity index (χ3n) is 4.27. The first-order chi connectivity index (χ1) is 12.6. The molecule has 1 atom stereocenters. The summed E-state index contributed by atoms with van der Waals surface area (Å²) in [4.78, 5) is 23.3. The Morgan fingerprint density at radius 1 is 1.22 bits per heavy atom. The quantitative estimate of drug-likeness (QED) is 0.468. The van der Waals surface area contributed by atoms with Crippen molar-refractivity contribution >= 4 is 38.7 Å². The Hall–Kier alpha value is -2.14. The molecule has 2 aromatic rings. The summed E-state index contributed by atoms with van der Waals surface area (Å²) in [7, 11) is -1.43. The predicted octanol–water partition coefficient (Wildman–Crippen LogP) is 0.836. The van der Waals surface area contributed by atoms with Crippen molar-refractivity contribution in [1.29, 1.82) is 0 Å². The Bertz CT molecular complexity index is 1050. The molecule has 0 unspecified atom stereocenters. The molecule has 0 amide bonds. The molecule has 0 aromatic heterocycles. The Morgan fingerprint density at radius 2 is 1.89 bits per heavy atom. The molecule has 1 aliphatic heterocycles. The summed E-state index contributed by atoms with van der Waals surface area (Å²) in [6, 6.07) is 2.51. The van der Waals surface area contributed by atoms with Gasteiger partial charge in [0.05, 0.1) is 23.4 Å². The number of sulfonamides is 1. The van der Waals surface area contributed by atoms with Gasteiger partial charge in [0.2, 0.25) is 10.0 Å². The Balaban J connectivity index is 1.97. The number of rotatable bonds is 6. The highest BCUT2D eigenvalue weighted by Gasteiger charge is 2.29. The third-order valence-corrected chi connectivity index (χ3v) is 6.59. The lowest BCUT2D eigenvalue weighted by molar-refractivity contribution is 0.195. The molecule has 1 saturated heterocycles. The fraction of sp³-hybridized carbons (Fsp3) is 0.375. The second-order valence-electron chi connectivity index (χ2n) is 6.30. The van der Waals surface area contributed by atoms with Crippen molar-refractivity contribution in [3.63, 3.8) is 0 Å². The van der Waals surface area contributed by atoms with Crippen LogP contribution >= 0.6 is 11.6 Å². The predicted molar refractivity (Wildman–Crippen MR) is 101 cm³/mol. The van der Waals surface area contributed by atoms with Gasteiger partial charge in [-0.05, 0) is 18.6 Å². The third kappa shape index (κ3) is 3.41. The minimum Gasteiger partial charge on any atom is -0.504 e. The first kappa shape index (κ1) is 19.6. The molecular weight excluding hydrogens is 398 g/mol. The van der Waals surface area contributed by atoms with Crippen LogP contribution in [0, 0.1) is 0 Å². The molecule has 0 aliphatic carbocycles. The van der Waals surface area contributed by atoms with Crippen LogP contribution in [-0.4, -0.2) is 51.2 Å². The highest BCUT2D eigenvalue weighted by atomic mass is 35.5. The zero-order chi connectivity index (χ0) is 19.9. The maximum absolute atomic E-state index is 12.4. The summed E-state index contributed by atoms with van der Waals surface area (Å²) >= 11 is 5.96. The lowest BCUT2D eigenvalue weighted by Crippen LogP contribution is -2.39. The van der Waals surface area contributed by atoms with Gasteiger partial charge in [-0.2, -0.15) is 0 Å². The first-order valence-corrected chi connectivity index (χ1v) is 9.85. The number of halogens is 1. The van der Waals surface area contributed by atoms with Gasteiger partial charge in [0.15, 0.2) is 5.75 Å². The SMILES string of the molecule is CN(C)S(=O)(=O)c1c(Cl)ccc(Nc2c(N[C@H]3CCOC3)c(=O)c2=O)c1O. The molecule has 0 spiro atoms. The van der Waals surface area contributed by atoms with Gasteiger partial charge in [0, 0.05) is 20.7 Å². The van der Waals surface area contributed by atoms with E-state index in [4.69, 9.17) is 16.3 Å². The first-order valence-electron chi connectivity index (χ1n) is 8.03. The van der Waals surface area contributed by atoms with Crippen molar-refractivity contribution in [2.75, 3.05) is 37.9 Å². The summed E-state index contributed by atoms with van der Waals surface area (Å²) in [5.74, 6) is -0.639. The summed E-state index contributed by atoms with van der Waals surface area (Å²) in [6.07, 6.45) is 0.690. The average Bonchev–Trinajstić information content (AvgIpc) is 3.12. The molecule has 2 aromatic carbocycles. The van der Waals surface area contributed by atoms with Crippen molar-refractivity contribution < 1.29 is 18.3 Å². The van der Waals surface area contributed by atoms with Crippen LogP contribution in [0.25, 0.3) is 0 Å². The summed E-state index contributed by atoms with van der Waals surface area (Å²) in [5.41, 5.74) is -1.46. The minimum atomic E-state index is -4.03. The van der Waals surface area contributed by atoms with E-state index >= 15 is 0 Å². The smallest absolute Gasteiger partial charge is 0.253 e. The van der Waals surface area contributed by atoms with Crippen LogP contribution < -0.4 is 21.5 Å². The largest absolute Gasteiger partial charge is 0.504 e.